The summed E-state index contributed by atoms with van der Waals surface area (Å²) in [7, 11) is 0. The molecule has 8 nitrogen and oxygen atoms in total. The van der Waals surface area contributed by atoms with Crippen molar-refractivity contribution in [2.24, 2.45) is 33.8 Å². The molecule has 8 N–H and O–H groups in total. The molecule has 0 aromatic carbocycles. The van der Waals surface area contributed by atoms with Gasteiger partial charge in [0.2, 0.25) is 0 Å². The zero-order valence-electron chi connectivity index (χ0n) is 12.0. The molecule has 0 saturated heterocycles. The number of nitrogens with zero attached hydrogens (tertiary/aromatic N) is 1. The highest BCUT2D eigenvalue weighted by atomic mass is 16.6. The summed E-state index contributed by atoms with van der Waals surface area (Å²) in [6, 6.07) is -1.71. The first-order valence-corrected chi connectivity index (χ1v) is 6.61. The third kappa shape index (κ3) is 7.05. The lowest BCUT2D eigenvalue weighted by Gasteiger charge is -2.17. The quantitative estimate of drug-likeness (QED) is 0.143. The first-order valence-electron chi connectivity index (χ1n) is 6.61. The third-order valence-corrected chi connectivity index (χ3v) is 3.00. The fraction of sp³-hybridized carbons (Fsp3) is 0.750. The normalized spacial score (nSPS) is 15.0. The number of hydrogen-bond donors (Lipinski definition) is 4. The topological polar surface area (TPSA) is 160 Å². The van der Waals surface area contributed by atoms with Crippen molar-refractivity contribution < 1.29 is 14.3 Å². The molecule has 0 aliphatic carbocycles. The molecule has 0 fully saturated rings. The van der Waals surface area contributed by atoms with E-state index < -0.39 is 24.0 Å². The van der Waals surface area contributed by atoms with Crippen molar-refractivity contribution >= 4 is 17.9 Å². The predicted molar refractivity (Wildman–Crippen MR) is 76.4 cm³/mol. The van der Waals surface area contributed by atoms with Gasteiger partial charge in [-0.2, -0.15) is 0 Å². The largest absolute Gasteiger partial charge is 0.391 e. The average molecular weight is 287 g/mol. The number of hydrogen-bond acceptors (Lipinski definition) is 6. The van der Waals surface area contributed by atoms with Gasteiger partial charge >= 0.3 is 11.9 Å². The summed E-state index contributed by atoms with van der Waals surface area (Å²) in [6.45, 7) is 4.07. The number of nitrogens with two attached hydrogens (primary N) is 4. The summed E-state index contributed by atoms with van der Waals surface area (Å²) in [5.41, 5.74) is 21.6. The van der Waals surface area contributed by atoms with Crippen molar-refractivity contribution in [1.82, 2.24) is 0 Å². The van der Waals surface area contributed by atoms with Crippen molar-refractivity contribution in [2.45, 2.75) is 45.2 Å². The molecule has 8 heteroatoms. The number of esters is 2. The van der Waals surface area contributed by atoms with Crippen LogP contribution in [0.25, 0.3) is 0 Å². The van der Waals surface area contributed by atoms with Gasteiger partial charge in [0.15, 0.2) is 5.96 Å². The molecule has 0 aliphatic rings. The Morgan fingerprint density at radius 3 is 2.30 bits per heavy atom. The Morgan fingerprint density at radius 1 is 1.20 bits per heavy atom. The molecule has 0 aliphatic heterocycles. The van der Waals surface area contributed by atoms with E-state index in [0.717, 1.165) is 6.42 Å². The van der Waals surface area contributed by atoms with Crippen LogP contribution in [-0.2, 0) is 14.3 Å². The van der Waals surface area contributed by atoms with Crippen LogP contribution in [0.3, 0.4) is 0 Å². The number of rotatable bonds is 8. The molecule has 3 atom stereocenters. The number of carbonyl (C=O) groups is 2. The Bertz CT molecular complexity index is 355. The highest BCUT2D eigenvalue weighted by molar-refractivity contribution is 5.90. The molecule has 116 valence electrons. The van der Waals surface area contributed by atoms with Gasteiger partial charge in [-0.05, 0) is 18.8 Å². The molecule has 0 aromatic heterocycles. The molecule has 0 unspecified atom stereocenters. The molecular weight excluding hydrogens is 262 g/mol. The van der Waals surface area contributed by atoms with Crippen LogP contribution in [0, 0.1) is 5.92 Å². The zero-order valence-corrected chi connectivity index (χ0v) is 12.0. The lowest BCUT2D eigenvalue weighted by molar-refractivity contribution is -0.162. The summed E-state index contributed by atoms with van der Waals surface area (Å²) in [5, 5.41) is 0. The van der Waals surface area contributed by atoms with Crippen LogP contribution in [-0.4, -0.2) is 36.5 Å². The summed E-state index contributed by atoms with van der Waals surface area (Å²) < 4.78 is 4.66. The first kappa shape index (κ1) is 18.3. The Kier molecular flexibility index (Phi) is 8.49. The molecule has 0 spiro atoms. The summed E-state index contributed by atoms with van der Waals surface area (Å²) >= 11 is 0. The zero-order chi connectivity index (χ0) is 15.7. The Hall–Kier alpha value is -1.67. The van der Waals surface area contributed by atoms with Gasteiger partial charge in [-0.25, -0.2) is 9.59 Å². The molecule has 0 radical (unpaired) electrons. The first-order chi connectivity index (χ1) is 9.29. The third-order valence-electron chi connectivity index (χ3n) is 3.00. The van der Waals surface area contributed by atoms with Gasteiger partial charge in [0.25, 0.3) is 0 Å². The minimum absolute atomic E-state index is 0.0177. The molecule has 20 heavy (non-hydrogen) atoms. The molecule has 0 rings (SSSR count). The number of carbonyl (C=O) groups excluding carboxylic acids is 2. The number of ether oxygens (including phenoxy) is 1. The second-order valence-corrected chi connectivity index (χ2v) is 4.71. The monoisotopic (exact) mass is 287 g/mol. The lowest BCUT2D eigenvalue weighted by Crippen LogP contribution is -2.42. The van der Waals surface area contributed by atoms with Crippen LogP contribution >= 0.6 is 0 Å². The van der Waals surface area contributed by atoms with Crippen molar-refractivity contribution in [3.05, 3.63) is 0 Å². The van der Waals surface area contributed by atoms with E-state index in [1.165, 1.54) is 0 Å². The minimum Gasteiger partial charge on any atom is -0.391 e. The SMILES string of the molecule is CC[C@H](C)[C@H](N)C(=O)OC(=O)[C@@H](N)CCCN=C(N)N. The fourth-order valence-corrected chi connectivity index (χ4v) is 1.37. The maximum absolute atomic E-state index is 11.6. The van der Waals surface area contributed by atoms with E-state index in [9.17, 15) is 9.59 Å². The van der Waals surface area contributed by atoms with Gasteiger partial charge in [0.05, 0.1) is 0 Å². The summed E-state index contributed by atoms with van der Waals surface area (Å²) in [6.07, 6.45) is 1.55. The number of aliphatic imine (C=N–C) groups is 1. The minimum atomic E-state index is -0.891. The second kappa shape index (κ2) is 9.27. The van der Waals surface area contributed by atoms with Crippen molar-refractivity contribution in [2.75, 3.05) is 6.54 Å². The van der Waals surface area contributed by atoms with E-state index in [1.807, 2.05) is 13.8 Å². The van der Waals surface area contributed by atoms with Gasteiger partial charge in [-0.3, -0.25) is 4.99 Å². The molecule has 0 amide bonds. The molecule has 0 bridgehead atoms. The molecule has 0 heterocycles. The van der Waals surface area contributed by atoms with E-state index in [1.54, 1.807) is 0 Å². The van der Waals surface area contributed by atoms with Crippen LogP contribution in [0.2, 0.25) is 0 Å². The van der Waals surface area contributed by atoms with Crippen LogP contribution in [0.5, 0.6) is 0 Å². The van der Waals surface area contributed by atoms with E-state index in [2.05, 4.69) is 9.73 Å². The summed E-state index contributed by atoms with van der Waals surface area (Å²) in [4.78, 5) is 26.9. The Morgan fingerprint density at radius 2 is 1.80 bits per heavy atom. The maximum atomic E-state index is 11.6. The van der Waals surface area contributed by atoms with Gasteiger partial charge in [-0.1, -0.05) is 20.3 Å². The Labute approximate surface area is 118 Å². The van der Waals surface area contributed by atoms with E-state index >= 15 is 0 Å². The van der Waals surface area contributed by atoms with Crippen LogP contribution in [0.4, 0.5) is 0 Å². The molecule has 0 saturated carbocycles. The van der Waals surface area contributed by atoms with Crippen LogP contribution in [0.1, 0.15) is 33.1 Å². The predicted octanol–water partition coefficient (Wildman–Crippen LogP) is -1.19. The highest BCUT2D eigenvalue weighted by Gasteiger charge is 2.25. The van der Waals surface area contributed by atoms with Gasteiger partial charge in [-0.15, -0.1) is 0 Å². The van der Waals surface area contributed by atoms with E-state index in [-0.39, 0.29) is 11.9 Å². The standard InChI is InChI=1S/C12H25N5O3/c1-3-7(2)9(14)11(19)20-10(18)8(13)5-4-6-17-12(15)16/h7-9H,3-6,13-14H2,1-2H3,(H4,15,16,17)/t7-,8-,9-/m0/s1. The fourth-order valence-electron chi connectivity index (χ4n) is 1.37. The van der Waals surface area contributed by atoms with E-state index in [4.69, 9.17) is 22.9 Å². The number of guanidine groups is 1. The van der Waals surface area contributed by atoms with E-state index in [0.29, 0.717) is 19.4 Å². The van der Waals surface area contributed by atoms with Gasteiger partial charge in [0, 0.05) is 6.54 Å². The molecule has 0 aromatic rings. The highest BCUT2D eigenvalue weighted by Crippen LogP contribution is 2.07. The van der Waals surface area contributed by atoms with Crippen molar-refractivity contribution in [1.29, 1.82) is 0 Å². The lowest BCUT2D eigenvalue weighted by atomic mass is 10.0. The van der Waals surface area contributed by atoms with Crippen molar-refractivity contribution in [3.8, 4) is 0 Å². The Balaban J connectivity index is 4.13. The average Bonchev–Trinajstić information content (AvgIpc) is 2.40. The second-order valence-electron chi connectivity index (χ2n) is 4.71. The summed E-state index contributed by atoms with van der Waals surface area (Å²) in [5.74, 6) is -1.60. The van der Waals surface area contributed by atoms with Gasteiger partial charge < -0.3 is 27.7 Å². The van der Waals surface area contributed by atoms with Crippen LogP contribution < -0.4 is 22.9 Å². The smallest absolute Gasteiger partial charge is 0.330 e. The maximum Gasteiger partial charge on any atom is 0.330 e. The molecular formula is C12H25N5O3. The van der Waals surface area contributed by atoms with Crippen molar-refractivity contribution in [3.63, 3.8) is 0 Å². The van der Waals surface area contributed by atoms with Gasteiger partial charge in [0.1, 0.15) is 12.1 Å². The van der Waals surface area contributed by atoms with Crippen LogP contribution in [0.15, 0.2) is 4.99 Å².